The minimum Gasteiger partial charge on any atom is -0.488 e. The second kappa shape index (κ2) is 5.93. The number of hydrogen-bond acceptors (Lipinski definition) is 5. The highest BCUT2D eigenvalue weighted by molar-refractivity contribution is 5.94. The van der Waals surface area contributed by atoms with Gasteiger partial charge in [0.15, 0.2) is 5.57 Å². The van der Waals surface area contributed by atoms with Crippen molar-refractivity contribution >= 4 is 12.0 Å². The summed E-state index contributed by atoms with van der Waals surface area (Å²) in [5.41, 5.74) is 7.25. The maximum atomic E-state index is 11.7. The fraction of sp³-hybridized carbons (Fsp3) is 0.200. The number of esters is 1. The van der Waals surface area contributed by atoms with Gasteiger partial charge in [0.1, 0.15) is 18.4 Å². The molecule has 0 bridgehead atoms. The van der Waals surface area contributed by atoms with Crippen LogP contribution in [-0.4, -0.2) is 19.2 Å². The van der Waals surface area contributed by atoms with Crippen molar-refractivity contribution in [1.29, 1.82) is 5.26 Å². The molecule has 0 saturated carbocycles. The smallest absolute Gasteiger partial charge is 0.351 e. The van der Waals surface area contributed by atoms with Gasteiger partial charge in [-0.2, -0.15) is 5.26 Å². The van der Waals surface area contributed by atoms with E-state index in [2.05, 4.69) is 0 Å². The van der Waals surface area contributed by atoms with Crippen LogP contribution in [-0.2, 0) is 9.53 Å². The molecule has 0 aliphatic carbocycles. The summed E-state index contributed by atoms with van der Waals surface area (Å²) in [5.74, 6) is 0.0333. The molecule has 5 nitrogen and oxygen atoms in total. The van der Waals surface area contributed by atoms with Crippen LogP contribution in [0.2, 0.25) is 0 Å². The third-order valence-electron chi connectivity index (χ3n) is 2.84. The zero-order chi connectivity index (χ0) is 14.5. The van der Waals surface area contributed by atoms with Crippen molar-refractivity contribution in [2.75, 3.05) is 13.2 Å². The predicted molar refractivity (Wildman–Crippen MR) is 73.4 cm³/mol. The Balaban J connectivity index is 2.39. The fourth-order valence-corrected chi connectivity index (χ4v) is 1.85. The number of para-hydroxylation sites is 1. The summed E-state index contributed by atoms with van der Waals surface area (Å²) in [6.45, 7) is 2.07. The highest BCUT2D eigenvalue weighted by Crippen LogP contribution is 2.28. The van der Waals surface area contributed by atoms with Crippen LogP contribution in [0, 0.1) is 11.3 Å². The molecule has 1 aromatic rings. The van der Waals surface area contributed by atoms with Gasteiger partial charge in [0.05, 0.1) is 12.3 Å². The molecule has 0 saturated heterocycles. The van der Waals surface area contributed by atoms with E-state index in [-0.39, 0.29) is 24.5 Å². The Hall–Kier alpha value is -2.74. The van der Waals surface area contributed by atoms with E-state index in [1.165, 1.54) is 0 Å². The first-order valence-corrected chi connectivity index (χ1v) is 6.17. The minimum atomic E-state index is -0.716. The fourth-order valence-electron chi connectivity index (χ4n) is 1.85. The summed E-state index contributed by atoms with van der Waals surface area (Å²) < 4.78 is 10.4. The monoisotopic (exact) mass is 270 g/mol. The Morgan fingerprint density at radius 1 is 1.50 bits per heavy atom. The van der Waals surface area contributed by atoms with Crippen LogP contribution < -0.4 is 10.5 Å². The van der Waals surface area contributed by atoms with Gasteiger partial charge < -0.3 is 15.2 Å². The molecule has 1 heterocycles. The first-order chi connectivity index (χ1) is 9.67. The lowest BCUT2D eigenvalue weighted by atomic mass is 10.0. The first-order valence-electron chi connectivity index (χ1n) is 6.17. The number of nitrogens with two attached hydrogens (primary N) is 1. The van der Waals surface area contributed by atoms with Gasteiger partial charge in [-0.3, -0.25) is 0 Å². The predicted octanol–water partition coefficient (Wildman–Crippen LogP) is 1.76. The summed E-state index contributed by atoms with van der Waals surface area (Å²) in [7, 11) is 0. The molecule has 0 unspecified atom stereocenters. The lowest BCUT2D eigenvalue weighted by Gasteiger charge is -2.18. The number of benzene rings is 1. The van der Waals surface area contributed by atoms with E-state index < -0.39 is 5.97 Å². The van der Waals surface area contributed by atoms with Gasteiger partial charge in [-0.05, 0) is 19.1 Å². The molecule has 0 atom stereocenters. The van der Waals surface area contributed by atoms with E-state index in [1.54, 1.807) is 13.0 Å². The van der Waals surface area contributed by atoms with Crippen molar-refractivity contribution in [1.82, 2.24) is 0 Å². The van der Waals surface area contributed by atoms with Crippen molar-refractivity contribution < 1.29 is 14.3 Å². The van der Waals surface area contributed by atoms with Crippen LogP contribution in [0.3, 0.4) is 0 Å². The molecule has 0 radical (unpaired) electrons. The highest BCUT2D eigenvalue weighted by atomic mass is 16.5. The van der Waals surface area contributed by atoms with Gasteiger partial charge in [-0.15, -0.1) is 0 Å². The number of rotatable bonds is 3. The van der Waals surface area contributed by atoms with Crippen LogP contribution in [0.15, 0.2) is 41.1 Å². The average molecular weight is 270 g/mol. The summed E-state index contributed by atoms with van der Waals surface area (Å²) in [5, 5.41) is 9.06. The van der Waals surface area contributed by atoms with Crippen molar-refractivity contribution in [3.63, 3.8) is 0 Å². The number of fused-ring (bicyclic) bond motifs is 1. The molecule has 2 rings (SSSR count). The number of hydrogen-bond donors (Lipinski definition) is 1. The van der Waals surface area contributed by atoms with E-state index in [4.69, 9.17) is 20.5 Å². The second-order valence-electron chi connectivity index (χ2n) is 4.12. The van der Waals surface area contributed by atoms with E-state index >= 15 is 0 Å². The Labute approximate surface area is 116 Å². The molecule has 1 aliphatic rings. The van der Waals surface area contributed by atoms with Gasteiger partial charge in [0.25, 0.3) is 0 Å². The third kappa shape index (κ3) is 2.64. The van der Waals surface area contributed by atoms with E-state index in [0.29, 0.717) is 5.57 Å². The number of carbonyl (C=O) groups is 1. The molecule has 5 heteroatoms. The minimum absolute atomic E-state index is 0.0976. The van der Waals surface area contributed by atoms with Crippen LogP contribution in [0.25, 0.3) is 6.08 Å². The zero-order valence-corrected chi connectivity index (χ0v) is 11.1. The number of nitrogens with zero attached hydrogens (tertiary/aromatic N) is 1. The molecular weight excluding hydrogens is 256 g/mol. The Bertz CT molecular complexity index is 639. The summed E-state index contributed by atoms with van der Waals surface area (Å²) in [6.07, 6.45) is 1.81. The van der Waals surface area contributed by atoms with Crippen molar-refractivity contribution in [3.8, 4) is 11.8 Å². The molecule has 0 aromatic heterocycles. The summed E-state index contributed by atoms with van der Waals surface area (Å²) in [4.78, 5) is 11.7. The van der Waals surface area contributed by atoms with E-state index in [1.807, 2.05) is 30.3 Å². The topological polar surface area (TPSA) is 85.3 Å². The molecule has 1 aliphatic heterocycles. The zero-order valence-electron chi connectivity index (χ0n) is 11.1. The molecule has 0 amide bonds. The van der Waals surface area contributed by atoms with Crippen molar-refractivity contribution in [2.24, 2.45) is 5.73 Å². The molecule has 1 aromatic carbocycles. The van der Waals surface area contributed by atoms with Crippen LogP contribution >= 0.6 is 0 Å². The van der Waals surface area contributed by atoms with E-state index in [9.17, 15) is 4.79 Å². The average Bonchev–Trinajstić information content (AvgIpc) is 2.47. The molecule has 2 N–H and O–H groups in total. The second-order valence-corrected chi connectivity index (χ2v) is 4.12. The molecule has 0 fully saturated rings. The highest BCUT2D eigenvalue weighted by Gasteiger charge is 2.20. The summed E-state index contributed by atoms with van der Waals surface area (Å²) >= 11 is 0. The molecule has 102 valence electrons. The largest absolute Gasteiger partial charge is 0.488 e. The maximum Gasteiger partial charge on any atom is 0.351 e. The lowest BCUT2D eigenvalue weighted by molar-refractivity contribution is -0.138. The lowest BCUT2D eigenvalue weighted by Crippen LogP contribution is -2.19. The third-order valence-corrected chi connectivity index (χ3v) is 2.84. The first kappa shape index (κ1) is 13.7. The quantitative estimate of drug-likeness (QED) is 0.514. The van der Waals surface area contributed by atoms with Gasteiger partial charge in [-0.1, -0.05) is 18.2 Å². The molecule has 0 spiro atoms. The van der Waals surface area contributed by atoms with Crippen LogP contribution in [0.4, 0.5) is 0 Å². The Morgan fingerprint density at radius 3 is 2.95 bits per heavy atom. The Morgan fingerprint density at radius 2 is 2.25 bits per heavy atom. The van der Waals surface area contributed by atoms with Gasteiger partial charge in [0.2, 0.25) is 0 Å². The van der Waals surface area contributed by atoms with Gasteiger partial charge in [0, 0.05) is 11.1 Å². The summed E-state index contributed by atoms with van der Waals surface area (Å²) in [6, 6.07) is 9.26. The molecular formula is C15H14N2O3. The number of nitriles is 1. The Kier molecular flexibility index (Phi) is 4.06. The van der Waals surface area contributed by atoms with Gasteiger partial charge in [-0.25, -0.2) is 4.79 Å². The maximum absolute atomic E-state index is 11.7. The van der Waals surface area contributed by atoms with Crippen molar-refractivity contribution in [3.05, 3.63) is 46.7 Å². The van der Waals surface area contributed by atoms with Crippen molar-refractivity contribution in [2.45, 2.75) is 6.92 Å². The number of carbonyl (C=O) groups excluding carboxylic acids is 1. The van der Waals surface area contributed by atoms with Gasteiger partial charge >= 0.3 is 5.97 Å². The van der Waals surface area contributed by atoms with Crippen LogP contribution in [0.5, 0.6) is 5.75 Å². The SMILES string of the molecule is CCOC(=O)/C(C#N)=C(/N)C1=Cc2ccccc2OC1. The van der Waals surface area contributed by atoms with E-state index in [0.717, 1.165) is 11.3 Å². The number of ether oxygens (including phenoxy) is 2. The standard InChI is InChI=1S/C15H14N2O3/c1-2-19-15(18)12(8-16)14(17)11-7-10-5-3-4-6-13(10)20-9-11/h3-7H,2,9,17H2,1H3/b14-12+. The normalized spacial score (nSPS) is 14.1. The molecule has 20 heavy (non-hydrogen) atoms. The van der Waals surface area contributed by atoms with Crippen LogP contribution in [0.1, 0.15) is 12.5 Å².